The zero-order valence-corrected chi connectivity index (χ0v) is 13.9. The predicted octanol–water partition coefficient (Wildman–Crippen LogP) is 3.30. The summed E-state index contributed by atoms with van der Waals surface area (Å²) in [5.41, 5.74) is 1.04. The molecule has 0 saturated carbocycles. The average Bonchev–Trinajstić information content (AvgIpc) is 2.40. The van der Waals surface area contributed by atoms with Crippen molar-refractivity contribution in [3.05, 3.63) is 35.6 Å². The number of benzene rings is 1. The first-order valence-electron chi connectivity index (χ1n) is 6.45. The number of rotatable bonds is 6. The topological polar surface area (TPSA) is 36.4 Å². The van der Waals surface area contributed by atoms with Gasteiger partial charge in [-0.3, -0.25) is 4.99 Å². The molecular weight excluding hydrogens is 356 g/mol. The van der Waals surface area contributed by atoms with Crippen molar-refractivity contribution in [3.63, 3.8) is 0 Å². The molecule has 0 fully saturated rings. The number of unbranched alkanes of at least 4 members (excludes halogenated alkanes) is 2. The molecule has 5 heteroatoms. The van der Waals surface area contributed by atoms with E-state index < -0.39 is 0 Å². The fourth-order valence-corrected chi connectivity index (χ4v) is 1.59. The van der Waals surface area contributed by atoms with Gasteiger partial charge in [0.15, 0.2) is 5.96 Å². The third-order valence-electron chi connectivity index (χ3n) is 2.67. The van der Waals surface area contributed by atoms with Crippen LogP contribution in [0.4, 0.5) is 4.39 Å². The molecule has 1 aromatic carbocycles. The summed E-state index contributed by atoms with van der Waals surface area (Å²) in [6, 6.07) is 6.47. The summed E-state index contributed by atoms with van der Waals surface area (Å²) in [6.45, 7) is 3.76. The van der Waals surface area contributed by atoms with E-state index in [9.17, 15) is 4.39 Å². The normalized spacial score (nSPS) is 10.8. The third kappa shape index (κ3) is 8.02. The molecule has 0 aliphatic heterocycles. The predicted molar refractivity (Wildman–Crippen MR) is 89.5 cm³/mol. The first-order chi connectivity index (χ1) is 8.76. The van der Waals surface area contributed by atoms with E-state index in [2.05, 4.69) is 22.5 Å². The minimum atomic E-state index is -0.208. The van der Waals surface area contributed by atoms with Crippen molar-refractivity contribution in [1.82, 2.24) is 10.6 Å². The van der Waals surface area contributed by atoms with Gasteiger partial charge in [-0.15, -0.1) is 24.0 Å². The standard InChI is InChI=1S/C14H22FN3.HI/c1-3-4-5-10-17-14(16-2)18-11-12-6-8-13(15)9-7-12;/h6-9H,3-5,10-11H2,1-2H3,(H2,16,17,18);1H. The largest absolute Gasteiger partial charge is 0.356 e. The second kappa shape index (κ2) is 11.0. The molecule has 108 valence electrons. The van der Waals surface area contributed by atoms with Gasteiger partial charge in [0.05, 0.1) is 0 Å². The SMILES string of the molecule is CCCCCNC(=NC)NCc1ccc(F)cc1.I. The Balaban J connectivity index is 0.00000324. The summed E-state index contributed by atoms with van der Waals surface area (Å²) in [7, 11) is 1.75. The highest BCUT2D eigenvalue weighted by molar-refractivity contribution is 14.0. The number of aliphatic imine (C=N–C) groups is 1. The Hall–Kier alpha value is -0.850. The van der Waals surface area contributed by atoms with Crippen LogP contribution in [-0.2, 0) is 6.54 Å². The summed E-state index contributed by atoms with van der Waals surface area (Å²) >= 11 is 0. The molecule has 0 heterocycles. The minimum absolute atomic E-state index is 0. The number of hydrogen-bond donors (Lipinski definition) is 2. The van der Waals surface area contributed by atoms with Gasteiger partial charge in [-0.1, -0.05) is 31.9 Å². The van der Waals surface area contributed by atoms with Crippen LogP contribution in [0.5, 0.6) is 0 Å². The van der Waals surface area contributed by atoms with Crippen molar-refractivity contribution < 1.29 is 4.39 Å². The van der Waals surface area contributed by atoms with E-state index in [0.717, 1.165) is 24.5 Å². The Morgan fingerprint density at radius 2 is 1.84 bits per heavy atom. The second-order valence-corrected chi connectivity index (χ2v) is 4.19. The van der Waals surface area contributed by atoms with Crippen LogP contribution in [0, 0.1) is 5.82 Å². The molecule has 0 unspecified atom stereocenters. The monoisotopic (exact) mass is 379 g/mol. The van der Waals surface area contributed by atoms with Gasteiger partial charge in [0.2, 0.25) is 0 Å². The Morgan fingerprint density at radius 1 is 1.16 bits per heavy atom. The number of nitrogens with one attached hydrogen (secondary N) is 2. The second-order valence-electron chi connectivity index (χ2n) is 4.19. The Kier molecular flexibility index (Phi) is 10.5. The molecule has 0 aliphatic carbocycles. The van der Waals surface area contributed by atoms with Gasteiger partial charge in [-0.2, -0.15) is 0 Å². The molecule has 0 saturated heterocycles. The molecule has 0 spiro atoms. The van der Waals surface area contributed by atoms with Crippen LogP contribution >= 0.6 is 24.0 Å². The van der Waals surface area contributed by atoms with Crippen molar-refractivity contribution >= 4 is 29.9 Å². The zero-order chi connectivity index (χ0) is 13.2. The average molecular weight is 379 g/mol. The highest BCUT2D eigenvalue weighted by Gasteiger charge is 1.98. The van der Waals surface area contributed by atoms with Gasteiger partial charge in [0.1, 0.15) is 5.82 Å². The van der Waals surface area contributed by atoms with Crippen LogP contribution in [0.3, 0.4) is 0 Å². The van der Waals surface area contributed by atoms with Gasteiger partial charge >= 0.3 is 0 Å². The van der Waals surface area contributed by atoms with Crippen LogP contribution in [0.1, 0.15) is 31.7 Å². The first-order valence-corrected chi connectivity index (χ1v) is 6.45. The van der Waals surface area contributed by atoms with Gasteiger partial charge in [-0.05, 0) is 24.1 Å². The lowest BCUT2D eigenvalue weighted by atomic mass is 10.2. The summed E-state index contributed by atoms with van der Waals surface area (Å²) in [5, 5.41) is 6.45. The maximum Gasteiger partial charge on any atom is 0.191 e. The molecule has 1 rings (SSSR count). The molecule has 0 aliphatic rings. The quantitative estimate of drug-likeness (QED) is 0.345. The summed E-state index contributed by atoms with van der Waals surface area (Å²) in [5.74, 6) is 0.580. The van der Waals surface area contributed by atoms with Crippen LogP contribution in [-0.4, -0.2) is 19.6 Å². The molecule has 0 bridgehead atoms. The lowest BCUT2D eigenvalue weighted by Crippen LogP contribution is -2.37. The highest BCUT2D eigenvalue weighted by atomic mass is 127. The number of nitrogens with zero attached hydrogens (tertiary/aromatic N) is 1. The van der Waals surface area contributed by atoms with Crippen LogP contribution < -0.4 is 10.6 Å². The van der Waals surface area contributed by atoms with Gasteiger partial charge < -0.3 is 10.6 Å². The van der Waals surface area contributed by atoms with Crippen LogP contribution in [0.15, 0.2) is 29.3 Å². The van der Waals surface area contributed by atoms with Gasteiger partial charge in [-0.25, -0.2) is 4.39 Å². The molecule has 0 aromatic heterocycles. The Bertz CT molecular complexity index is 365. The molecule has 0 atom stereocenters. The maximum atomic E-state index is 12.7. The van der Waals surface area contributed by atoms with E-state index in [4.69, 9.17) is 0 Å². The number of guanidine groups is 1. The van der Waals surface area contributed by atoms with Crippen molar-refractivity contribution in [2.75, 3.05) is 13.6 Å². The summed E-state index contributed by atoms with van der Waals surface area (Å²) in [6.07, 6.45) is 3.58. The molecule has 0 radical (unpaired) electrons. The van der Waals surface area contributed by atoms with Crippen molar-refractivity contribution in [1.29, 1.82) is 0 Å². The smallest absolute Gasteiger partial charge is 0.191 e. The van der Waals surface area contributed by atoms with E-state index in [1.165, 1.54) is 25.0 Å². The molecule has 2 N–H and O–H groups in total. The summed E-state index contributed by atoms with van der Waals surface area (Å²) in [4.78, 5) is 4.14. The van der Waals surface area contributed by atoms with E-state index >= 15 is 0 Å². The van der Waals surface area contributed by atoms with E-state index in [1.807, 2.05) is 0 Å². The molecule has 3 nitrogen and oxygen atoms in total. The van der Waals surface area contributed by atoms with Crippen molar-refractivity contribution in [2.45, 2.75) is 32.7 Å². The molecule has 0 amide bonds. The molecule has 19 heavy (non-hydrogen) atoms. The highest BCUT2D eigenvalue weighted by Crippen LogP contribution is 2.01. The van der Waals surface area contributed by atoms with Crippen molar-refractivity contribution in [2.24, 2.45) is 4.99 Å². The fraction of sp³-hybridized carbons (Fsp3) is 0.500. The van der Waals surface area contributed by atoms with Crippen molar-refractivity contribution in [3.8, 4) is 0 Å². The Labute approximate surface area is 132 Å². The molecular formula is C14H23FIN3. The number of halogens is 2. The zero-order valence-electron chi connectivity index (χ0n) is 11.6. The van der Waals surface area contributed by atoms with E-state index in [-0.39, 0.29) is 29.8 Å². The fourth-order valence-electron chi connectivity index (χ4n) is 1.59. The van der Waals surface area contributed by atoms with E-state index in [0.29, 0.717) is 6.54 Å². The Morgan fingerprint density at radius 3 is 2.42 bits per heavy atom. The lowest BCUT2D eigenvalue weighted by Gasteiger charge is -2.11. The van der Waals surface area contributed by atoms with Gasteiger partial charge in [0, 0.05) is 20.1 Å². The van der Waals surface area contributed by atoms with Gasteiger partial charge in [0.25, 0.3) is 0 Å². The lowest BCUT2D eigenvalue weighted by molar-refractivity contribution is 0.626. The minimum Gasteiger partial charge on any atom is -0.356 e. The maximum absolute atomic E-state index is 12.7. The van der Waals surface area contributed by atoms with Crippen LogP contribution in [0.2, 0.25) is 0 Å². The molecule has 1 aromatic rings. The van der Waals surface area contributed by atoms with Crippen LogP contribution in [0.25, 0.3) is 0 Å². The first kappa shape index (κ1) is 18.1. The summed E-state index contributed by atoms with van der Waals surface area (Å²) < 4.78 is 12.7. The third-order valence-corrected chi connectivity index (χ3v) is 2.67. The van der Waals surface area contributed by atoms with E-state index in [1.54, 1.807) is 19.2 Å². The number of hydrogen-bond acceptors (Lipinski definition) is 1.